The van der Waals surface area contributed by atoms with Crippen LogP contribution in [0.1, 0.15) is 60.1 Å². The Morgan fingerprint density at radius 2 is 0.966 bits per heavy atom. The summed E-state index contributed by atoms with van der Waals surface area (Å²) in [4.78, 5) is 36.1. The van der Waals surface area contributed by atoms with Crippen molar-refractivity contribution >= 4 is 23.7 Å². The molecule has 3 aliphatic rings. The molecular weight excluding hydrogens is 1140 g/mol. The number of azide groups is 1. The third-order valence-corrected chi connectivity index (χ3v) is 14.9. The fourth-order valence-corrected chi connectivity index (χ4v) is 10.6. The molecule has 2 heterocycles. The van der Waals surface area contributed by atoms with Gasteiger partial charge in [-0.05, 0) is 82.9 Å². The van der Waals surface area contributed by atoms with E-state index in [-0.39, 0.29) is 45.3 Å². The van der Waals surface area contributed by atoms with E-state index in [0.717, 1.165) is 38.9 Å². The molecule has 17 nitrogen and oxygen atoms in total. The normalized spacial score (nSPS) is 22.8. The number of aliphatic imine (C=N–C) groups is 1. The van der Waals surface area contributed by atoms with Crippen molar-refractivity contribution in [2.24, 2.45) is 15.5 Å². The molecule has 7 aromatic rings. The molecule has 0 spiro atoms. The Hall–Kier alpha value is -8.43. The van der Waals surface area contributed by atoms with Gasteiger partial charge >= 0.3 is 18.3 Å². The van der Waals surface area contributed by atoms with E-state index in [1.54, 1.807) is 51.1 Å². The zero-order valence-electron chi connectivity index (χ0n) is 48.6. The van der Waals surface area contributed by atoms with E-state index in [0.29, 0.717) is 5.56 Å². The molecule has 0 aromatic heterocycles. The van der Waals surface area contributed by atoms with E-state index < -0.39 is 103 Å². The number of ether oxygens (including phenoxy) is 11. The van der Waals surface area contributed by atoms with Crippen molar-refractivity contribution in [2.75, 3.05) is 19.8 Å². The minimum absolute atomic E-state index is 0.0371. The van der Waals surface area contributed by atoms with Crippen molar-refractivity contribution in [3.8, 4) is 11.1 Å². The van der Waals surface area contributed by atoms with E-state index in [1.165, 1.54) is 24.3 Å². The molecule has 0 saturated carbocycles. The smallest absolute Gasteiger partial charge is 0.454 e. The van der Waals surface area contributed by atoms with E-state index in [4.69, 9.17) is 52.1 Å². The fourth-order valence-electron chi connectivity index (χ4n) is 10.6. The van der Waals surface area contributed by atoms with E-state index in [2.05, 4.69) is 15.0 Å². The van der Waals surface area contributed by atoms with Crippen molar-refractivity contribution in [1.29, 1.82) is 0 Å². The number of alkyl halides is 3. The van der Waals surface area contributed by atoms with Gasteiger partial charge in [0.05, 0.1) is 50.7 Å². The van der Waals surface area contributed by atoms with Gasteiger partial charge in [-0.15, -0.1) is 0 Å². The van der Waals surface area contributed by atoms with Gasteiger partial charge < -0.3 is 52.1 Å². The number of fused-ring (bicyclic) bond motifs is 3. The summed E-state index contributed by atoms with van der Waals surface area (Å²) < 4.78 is 117. The predicted octanol–water partition coefficient (Wildman–Crippen LogP) is 13.7. The first-order valence-corrected chi connectivity index (χ1v) is 28.9. The second kappa shape index (κ2) is 29.5. The predicted molar refractivity (Wildman–Crippen MR) is 317 cm³/mol. The molecule has 2 fully saturated rings. The third-order valence-electron chi connectivity index (χ3n) is 14.9. The lowest BCUT2D eigenvalue weighted by molar-refractivity contribution is -0.355. The van der Waals surface area contributed by atoms with Gasteiger partial charge in [0.15, 0.2) is 12.4 Å². The van der Waals surface area contributed by atoms with Crippen molar-refractivity contribution in [2.45, 2.75) is 121 Å². The van der Waals surface area contributed by atoms with Crippen LogP contribution in [0.15, 0.2) is 210 Å². The SMILES string of the molecule is CC(C)(C)C(=O)O[C@H]1[C@H](O[C@H]2[C@H](OC(=O)OCC3c4ccccc4-c4ccccc43)[C@@H](N=[N+]=[N-])C(OC(=Nc3ccccc3)C(F)(F)F)O[C@@H]2COCc2ccccc2)O[C@H](COCc2ccccc2)[C@H](OCc2ccccc2)[C@@H]1OCc1ccccc1. The number of esters is 1. The highest BCUT2D eigenvalue weighted by Gasteiger charge is 2.57. The zero-order chi connectivity index (χ0) is 61.5. The molecule has 0 bridgehead atoms. The summed E-state index contributed by atoms with van der Waals surface area (Å²) in [5, 5.41) is 3.94. The Morgan fingerprint density at radius 1 is 0.511 bits per heavy atom. The number of para-hydroxylation sites is 1. The molecule has 2 saturated heterocycles. The zero-order valence-corrected chi connectivity index (χ0v) is 48.6. The van der Waals surface area contributed by atoms with Crippen LogP contribution in [0.4, 0.5) is 23.7 Å². The first-order chi connectivity index (χ1) is 42.7. The highest BCUT2D eigenvalue weighted by molar-refractivity contribution is 5.84. The Bertz CT molecular complexity index is 3410. The number of benzene rings is 7. The molecule has 1 aliphatic carbocycles. The average molecular weight is 1210 g/mol. The van der Waals surface area contributed by atoms with Gasteiger partial charge in [0.1, 0.15) is 49.3 Å². The molecule has 7 aromatic carbocycles. The minimum Gasteiger partial charge on any atom is -0.454 e. The van der Waals surface area contributed by atoms with E-state index >= 15 is 13.2 Å². The summed E-state index contributed by atoms with van der Waals surface area (Å²) in [7, 11) is 0. The molecule has 2 aliphatic heterocycles. The van der Waals surface area contributed by atoms with Crippen LogP contribution in [0, 0.1) is 5.41 Å². The van der Waals surface area contributed by atoms with Crippen LogP contribution in [-0.4, -0.2) is 105 Å². The molecule has 88 heavy (non-hydrogen) atoms. The average Bonchev–Trinajstić information content (AvgIpc) is 1.81. The van der Waals surface area contributed by atoms with Crippen molar-refractivity contribution in [3.05, 3.63) is 244 Å². The van der Waals surface area contributed by atoms with Gasteiger partial charge in [-0.1, -0.05) is 193 Å². The molecule has 0 N–H and O–H groups in total. The fraction of sp³-hybridized carbons (Fsp3) is 0.338. The van der Waals surface area contributed by atoms with Gasteiger partial charge in [0, 0.05) is 10.8 Å². The Morgan fingerprint density at radius 3 is 1.47 bits per heavy atom. The summed E-state index contributed by atoms with van der Waals surface area (Å²) in [6.07, 6.45) is -20.8. The summed E-state index contributed by atoms with van der Waals surface area (Å²) in [6, 6.07) is 57.6. The molecule has 0 radical (unpaired) electrons. The number of carbonyl (C=O) groups is 2. The lowest BCUT2D eigenvalue weighted by atomic mass is 9.94. The monoisotopic (exact) mass is 1200 g/mol. The van der Waals surface area contributed by atoms with Gasteiger partial charge in [0.25, 0.3) is 5.90 Å². The molecule has 1 unspecified atom stereocenters. The standard InChI is InChI=1S/C68H67F3N4O13/c1-67(2,3)65(76)86-61-60(81-40-47-29-15-7-16-30-47)57(80-39-46-27-13-6-14-28-46)54(42-78-37-44-23-9-4-10-24-44)84-63(61)85-58-55(43-79-38-45-25-11-5-12-26-45)83-62(88-64(68(69,70)71)73-48-31-17-8-18-32-48)56(74-75-72)59(58)87-66(77)82-41-53-51-35-21-19-33-49(51)50-34-20-22-36-52(50)53/h4-36,53-63H,37-43H2,1-3H3/t54-,55-,56-,57+,58-,59-,60+,61-,62?,63+/m1/s1. The van der Waals surface area contributed by atoms with E-state index in [9.17, 15) is 15.1 Å². The van der Waals surface area contributed by atoms with Crippen LogP contribution < -0.4 is 0 Å². The second-order valence-corrected chi connectivity index (χ2v) is 22.3. The van der Waals surface area contributed by atoms with Crippen LogP contribution in [0.2, 0.25) is 0 Å². The maximum Gasteiger partial charge on any atom is 0.508 e. The number of nitrogens with zero attached hydrogens (tertiary/aromatic N) is 4. The Labute approximate surface area is 507 Å². The maximum atomic E-state index is 15.3. The van der Waals surface area contributed by atoms with Gasteiger partial charge in [0.2, 0.25) is 6.29 Å². The number of hydrogen-bond donors (Lipinski definition) is 0. The molecule has 10 atom stereocenters. The number of rotatable bonds is 23. The van der Waals surface area contributed by atoms with Crippen LogP contribution in [-0.2, 0) is 83.3 Å². The minimum atomic E-state index is -5.26. The highest BCUT2D eigenvalue weighted by Crippen LogP contribution is 2.45. The molecule has 0 amide bonds. The number of halogens is 3. The quantitative estimate of drug-likeness (QED) is 0.0147. The lowest BCUT2D eigenvalue weighted by Gasteiger charge is -2.49. The Kier molecular flexibility index (Phi) is 21.0. The summed E-state index contributed by atoms with van der Waals surface area (Å²) in [5.74, 6) is -2.96. The van der Waals surface area contributed by atoms with Gasteiger partial charge in [-0.3, -0.25) is 4.79 Å². The molecule has 20 heteroatoms. The number of hydrogen-bond acceptors (Lipinski definition) is 15. The van der Waals surface area contributed by atoms with Crippen molar-refractivity contribution in [3.63, 3.8) is 0 Å². The van der Waals surface area contributed by atoms with Crippen LogP contribution in [0.25, 0.3) is 21.6 Å². The van der Waals surface area contributed by atoms with Crippen LogP contribution in [0.3, 0.4) is 0 Å². The summed E-state index contributed by atoms with van der Waals surface area (Å²) in [5.41, 5.74) is 15.8. The largest absolute Gasteiger partial charge is 0.508 e. The van der Waals surface area contributed by atoms with Gasteiger partial charge in [-0.2, -0.15) is 13.2 Å². The molecule has 10 rings (SSSR count). The van der Waals surface area contributed by atoms with Crippen molar-refractivity contribution < 1.29 is 74.9 Å². The van der Waals surface area contributed by atoms with Crippen LogP contribution in [0.5, 0.6) is 0 Å². The number of carbonyl (C=O) groups excluding carboxylic acids is 2. The first-order valence-electron chi connectivity index (χ1n) is 28.9. The topological polar surface area (TPSA) is 197 Å². The Balaban J connectivity index is 1.08. The summed E-state index contributed by atoms with van der Waals surface area (Å²) >= 11 is 0. The van der Waals surface area contributed by atoms with Crippen molar-refractivity contribution in [1.82, 2.24) is 0 Å². The lowest BCUT2D eigenvalue weighted by Crippen LogP contribution is -2.66. The first kappa shape index (κ1) is 62.6. The summed E-state index contributed by atoms with van der Waals surface area (Å²) in [6.45, 7) is 4.14. The molecular formula is C68H67F3N4O13. The maximum absolute atomic E-state index is 15.3. The highest BCUT2D eigenvalue weighted by atomic mass is 19.4. The van der Waals surface area contributed by atoms with Crippen LogP contribution >= 0.6 is 0 Å². The molecule has 458 valence electrons. The second-order valence-electron chi connectivity index (χ2n) is 22.3. The van der Waals surface area contributed by atoms with E-state index in [1.807, 2.05) is 146 Å². The van der Waals surface area contributed by atoms with Gasteiger partial charge in [-0.25, -0.2) is 9.79 Å². The third kappa shape index (κ3) is 16.2.